The van der Waals surface area contributed by atoms with Gasteiger partial charge in [0.15, 0.2) is 0 Å². The van der Waals surface area contributed by atoms with Crippen LogP contribution in [-0.2, 0) is 19.5 Å². The van der Waals surface area contributed by atoms with Crippen molar-refractivity contribution in [3.8, 4) is 0 Å². The van der Waals surface area contributed by atoms with Gasteiger partial charge in [-0.05, 0) is 57.6 Å². The van der Waals surface area contributed by atoms with Crippen LogP contribution in [-0.4, -0.2) is 35.1 Å². The third kappa shape index (κ3) is 3.38. The first-order valence-electron chi connectivity index (χ1n) is 7.48. The smallest absolute Gasteiger partial charge is 0.124 e. The Hall–Kier alpha value is -1.39. The molecule has 0 aliphatic rings. The van der Waals surface area contributed by atoms with Gasteiger partial charge in [-0.3, -0.25) is 0 Å². The number of imidazole rings is 1. The van der Waals surface area contributed by atoms with Gasteiger partial charge in [0.05, 0.1) is 17.6 Å². The molecule has 0 saturated carbocycles. The number of hydrogen-bond donors (Lipinski definition) is 1. The van der Waals surface area contributed by atoms with Crippen molar-refractivity contribution in [3.05, 3.63) is 29.6 Å². The van der Waals surface area contributed by atoms with Crippen molar-refractivity contribution in [2.45, 2.75) is 39.3 Å². The SMILES string of the molecule is CCc1ccc2c(c1)nc(CN(C)C)n2CCCCN. The highest BCUT2D eigenvalue weighted by Gasteiger charge is 2.11. The topological polar surface area (TPSA) is 47.1 Å². The fourth-order valence-electron chi connectivity index (χ4n) is 2.51. The molecule has 2 N–H and O–H groups in total. The summed E-state index contributed by atoms with van der Waals surface area (Å²) < 4.78 is 2.35. The summed E-state index contributed by atoms with van der Waals surface area (Å²) in [6.45, 7) is 4.82. The van der Waals surface area contributed by atoms with Gasteiger partial charge >= 0.3 is 0 Å². The fraction of sp³-hybridized carbons (Fsp3) is 0.562. The Balaban J connectivity index is 2.37. The Morgan fingerprint density at radius 2 is 2.05 bits per heavy atom. The quantitative estimate of drug-likeness (QED) is 0.789. The molecule has 2 rings (SSSR count). The van der Waals surface area contributed by atoms with E-state index in [2.05, 4.69) is 48.7 Å². The zero-order chi connectivity index (χ0) is 14.5. The zero-order valence-electron chi connectivity index (χ0n) is 12.9. The van der Waals surface area contributed by atoms with E-state index in [1.165, 1.54) is 11.1 Å². The molecule has 4 heteroatoms. The molecule has 0 aliphatic heterocycles. The lowest BCUT2D eigenvalue weighted by Crippen LogP contribution is -2.16. The molecular formula is C16H26N4. The van der Waals surface area contributed by atoms with E-state index in [1.54, 1.807) is 0 Å². The van der Waals surface area contributed by atoms with Crippen molar-refractivity contribution in [1.29, 1.82) is 0 Å². The normalized spacial score (nSPS) is 11.7. The molecular weight excluding hydrogens is 248 g/mol. The van der Waals surface area contributed by atoms with E-state index >= 15 is 0 Å². The molecule has 0 spiro atoms. The molecule has 1 aromatic carbocycles. The third-order valence-electron chi connectivity index (χ3n) is 3.59. The third-order valence-corrected chi connectivity index (χ3v) is 3.59. The minimum Gasteiger partial charge on any atom is -0.330 e. The number of hydrogen-bond acceptors (Lipinski definition) is 3. The lowest BCUT2D eigenvalue weighted by molar-refractivity contribution is 0.380. The van der Waals surface area contributed by atoms with Crippen molar-refractivity contribution in [2.24, 2.45) is 5.73 Å². The van der Waals surface area contributed by atoms with Crippen LogP contribution in [0.3, 0.4) is 0 Å². The predicted octanol–water partition coefficient (Wildman–Crippen LogP) is 2.40. The Morgan fingerprint density at radius 3 is 2.70 bits per heavy atom. The Labute approximate surface area is 121 Å². The van der Waals surface area contributed by atoms with Gasteiger partial charge in [-0.2, -0.15) is 0 Å². The molecule has 0 atom stereocenters. The number of benzene rings is 1. The molecule has 0 radical (unpaired) electrons. The first-order chi connectivity index (χ1) is 9.65. The van der Waals surface area contributed by atoms with E-state index < -0.39 is 0 Å². The Bertz CT molecular complexity index is 557. The molecule has 0 amide bonds. The molecule has 0 unspecified atom stereocenters. The predicted molar refractivity (Wildman–Crippen MR) is 84.8 cm³/mol. The first-order valence-corrected chi connectivity index (χ1v) is 7.48. The molecule has 0 bridgehead atoms. The maximum atomic E-state index is 5.60. The minimum atomic E-state index is 0.760. The summed E-state index contributed by atoms with van der Waals surface area (Å²) in [7, 11) is 4.17. The summed E-state index contributed by atoms with van der Waals surface area (Å²) in [6.07, 6.45) is 3.23. The zero-order valence-corrected chi connectivity index (χ0v) is 12.9. The Kier molecular flexibility index (Phi) is 5.15. The number of unbranched alkanes of at least 4 members (excludes halogenated alkanes) is 1. The Morgan fingerprint density at radius 1 is 1.25 bits per heavy atom. The molecule has 1 heterocycles. The van der Waals surface area contributed by atoms with Crippen LogP contribution >= 0.6 is 0 Å². The molecule has 0 fully saturated rings. The van der Waals surface area contributed by atoms with Crippen LogP contribution in [0.4, 0.5) is 0 Å². The van der Waals surface area contributed by atoms with Crippen LogP contribution in [0, 0.1) is 0 Å². The second-order valence-corrected chi connectivity index (χ2v) is 5.59. The summed E-state index contributed by atoms with van der Waals surface area (Å²) in [5.41, 5.74) is 9.32. The molecule has 4 nitrogen and oxygen atoms in total. The van der Waals surface area contributed by atoms with Crippen LogP contribution in [0.15, 0.2) is 18.2 Å². The summed E-state index contributed by atoms with van der Waals surface area (Å²) >= 11 is 0. The van der Waals surface area contributed by atoms with Gasteiger partial charge < -0.3 is 15.2 Å². The highest BCUT2D eigenvalue weighted by Crippen LogP contribution is 2.20. The number of nitrogens with two attached hydrogens (primary N) is 1. The monoisotopic (exact) mass is 274 g/mol. The van der Waals surface area contributed by atoms with Gasteiger partial charge in [-0.1, -0.05) is 13.0 Å². The van der Waals surface area contributed by atoms with Crippen molar-refractivity contribution in [1.82, 2.24) is 14.5 Å². The van der Waals surface area contributed by atoms with Crippen molar-refractivity contribution in [2.75, 3.05) is 20.6 Å². The maximum Gasteiger partial charge on any atom is 0.124 e. The van der Waals surface area contributed by atoms with E-state index in [4.69, 9.17) is 10.7 Å². The van der Waals surface area contributed by atoms with E-state index in [9.17, 15) is 0 Å². The molecule has 0 aliphatic carbocycles. The van der Waals surface area contributed by atoms with Gasteiger partial charge in [0.25, 0.3) is 0 Å². The number of rotatable bonds is 7. The van der Waals surface area contributed by atoms with E-state index in [1.807, 2.05) is 0 Å². The van der Waals surface area contributed by atoms with Crippen LogP contribution in [0.1, 0.15) is 31.2 Å². The highest BCUT2D eigenvalue weighted by atomic mass is 15.2. The van der Waals surface area contributed by atoms with Crippen LogP contribution in [0.5, 0.6) is 0 Å². The standard InChI is InChI=1S/C16H26N4/c1-4-13-7-8-15-14(11-13)18-16(12-19(2)3)20(15)10-6-5-9-17/h7-8,11H,4-6,9-10,12,17H2,1-3H3. The van der Waals surface area contributed by atoms with Crippen molar-refractivity contribution >= 4 is 11.0 Å². The summed E-state index contributed by atoms with van der Waals surface area (Å²) in [5, 5.41) is 0. The molecule has 2 aromatic rings. The lowest BCUT2D eigenvalue weighted by Gasteiger charge is -2.12. The van der Waals surface area contributed by atoms with Crippen molar-refractivity contribution < 1.29 is 0 Å². The number of aryl methyl sites for hydroxylation is 2. The van der Waals surface area contributed by atoms with Gasteiger partial charge in [0, 0.05) is 6.54 Å². The maximum absolute atomic E-state index is 5.60. The van der Waals surface area contributed by atoms with Crippen LogP contribution in [0.2, 0.25) is 0 Å². The lowest BCUT2D eigenvalue weighted by atomic mass is 10.1. The minimum absolute atomic E-state index is 0.760. The van der Waals surface area contributed by atoms with Gasteiger partial charge in [-0.15, -0.1) is 0 Å². The van der Waals surface area contributed by atoms with Crippen LogP contribution in [0.25, 0.3) is 11.0 Å². The second-order valence-electron chi connectivity index (χ2n) is 5.59. The molecule has 20 heavy (non-hydrogen) atoms. The molecule has 1 aromatic heterocycles. The van der Waals surface area contributed by atoms with E-state index in [-0.39, 0.29) is 0 Å². The average Bonchev–Trinajstić information content (AvgIpc) is 2.75. The summed E-state index contributed by atoms with van der Waals surface area (Å²) in [4.78, 5) is 7.00. The number of aromatic nitrogens is 2. The number of fused-ring (bicyclic) bond motifs is 1. The second kappa shape index (κ2) is 6.86. The highest BCUT2D eigenvalue weighted by molar-refractivity contribution is 5.77. The van der Waals surface area contributed by atoms with Gasteiger partial charge in [0.1, 0.15) is 5.82 Å². The average molecular weight is 274 g/mol. The fourth-order valence-corrected chi connectivity index (χ4v) is 2.51. The summed E-state index contributed by atoms with van der Waals surface area (Å²) in [6, 6.07) is 6.64. The molecule has 0 saturated heterocycles. The summed E-state index contributed by atoms with van der Waals surface area (Å²) in [5.74, 6) is 1.15. The van der Waals surface area contributed by atoms with Crippen molar-refractivity contribution in [3.63, 3.8) is 0 Å². The molecule has 110 valence electrons. The van der Waals surface area contributed by atoms with Gasteiger partial charge in [0.2, 0.25) is 0 Å². The van der Waals surface area contributed by atoms with E-state index in [0.29, 0.717) is 0 Å². The largest absolute Gasteiger partial charge is 0.330 e. The van der Waals surface area contributed by atoms with Crippen LogP contribution < -0.4 is 5.73 Å². The van der Waals surface area contributed by atoms with Gasteiger partial charge in [-0.25, -0.2) is 4.98 Å². The first kappa shape index (κ1) is 15.0. The number of nitrogens with zero attached hydrogens (tertiary/aromatic N) is 3. The van der Waals surface area contributed by atoms with E-state index in [0.717, 1.165) is 50.2 Å².